The molecule has 0 bridgehead atoms. The predicted octanol–water partition coefficient (Wildman–Crippen LogP) is 2.48. The molecule has 20 heavy (non-hydrogen) atoms. The van der Waals surface area contributed by atoms with E-state index in [1.165, 1.54) is 16.8 Å². The Morgan fingerprint density at radius 1 is 1.40 bits per heavy atom. The largest absolute Gasteiger partial charge is 0.488 e. The average molecular weight is 275 g/mol. The van der Waals surface area contributed by atoms with E-state index in [4.69, 9.17) is 9.84 Å². The quantitative estimate of drug-likeness (QED) is 0.901. The number of hydrogen-bond acceptors (Lipinski definition) is 3. The van der Waals surface area contributed by atoms with Gasteiger partial charge in [0.05, 0.1) is 5.69 Å². The molecule has 2 aliphatic rings. The van der Waals surface area contributed by atoms with E-state index in [0.717, 1.165) is 31.6 Å². The molecule has 0 radical (unpaired) electrons. The number of rotatable bonds is 2. The highest BCUT2D eigenvalue weighted by Crippen LogP contribution is 2.43. The van der Waals surface area contributed by atoms with Crippen LogP contribution in [0.5, 0.6) is 5.75 Å². The summed E-state index contributed by atoms with van der Waals surface area (Å²) in [6.45, 7) is 2.98. The molecule has 2 unspecified atom stereocenters. The maximum absolute atomic E-state index is 11.0. The molecule has 2 aliphatic heterocycles. The molecular formula is C16H21NO3. The molecule has 0 aliphatic carbocycles. The van der Waals surface area contributed by atoms with E-state index in [1.54, 1.807) is 0 Å². The molecule has 0 saturated carbocycles. The van der Waals surface area contributed by atoms with Crippen molar-refractivity contribution in [1.82, 2.24) is 0 Å². The van der Waals surface area contributed by atoms with Gasteiger partial charge in [-0.15, -0.1) is 0 Å². The SMILES string of the molecule is CC1Cc2ccc3c(c2O1)N(C)CCC(CC(=O)O)C3. The Hall–Kier alpha value is -1.71. The lowest BCUT2D eigenvalue weighted by atomic mass is 9.93. The van der Waals surface area contributed by atoms with Crippen LogP contribution in [0.2, 0.25) is 0 Å². The Labute approximate surface area is 119 Å². The minimum Gasteiger partial charge on any atom is -0.488 e. The van der Waals surface area contributed by atoms with Crippen molar-refractivity contribution in [2.24, 2.45) is 5.92 Å². The molecule has 0 saturated heterocycles. The zero-order valence-corrected chi connectivity index (χ0v) is 12.1. The number of benzene rings is 1. The maximum atomic E-state index is 11.0. The van der Waals surface area contributed by atoms with Gasteiger partial charge < -0.3 is 14.7 Å². The van der Waals surface area contributed by atoms with Crippen LogP contribution in [0.3, 0.4) is 0 Å². The maximum Gasteiger partial charge on any atom is 0.303 e. The van der Waals surface area contributed by atoms with Gasteiger partial charge in [0.1, 0.15) is 11.9 Å². The van der Waals surface area contributed by atoms with Gasteiger partial charge in [-0.25, -0.2) is 0 Å². The summed E-state index contributed by atoms with van der Waals surface area (Å²) in [5, 5.41) is 9.02. The topological polar surface area (TPSA) is 49.8 Å². The van der Waals surface area contributed by atoms with E-state index in [0.29, 0.717) is 0 Å². The van der Waals surface area contributed by atoms with Crippen molar-refractivity contribution >= 4 is 11.7 Å². The summed E-state index contributed by atoms with van der Waals surface area (Å²) in [4.78, 5) is 13.2. The van der Waals surface area contributed by atoms with Crippen LogP contribution in [0.25, 0.3) is 0 Å². The third-order valence-electron chi connectivity index (χ3n) is 4.35. The first kappa shape index (κ1) is 13.3. The van der Waals surface area contributed by atoms with E-state index in [-0.39, 0.29) is 18.4 Å². The van der Waals surface area contributed by atoms with Gasteiger partial charge in [-0.1, -0.05) is 12.1 Å². The lowest BCUT2D eigenvalue weighted by molar-refractivity contribution is -0.138. The molecule has 0 fully saturated rings. The first-order valence-corrected chi connectivity index (χ1v) is 7.29. The number of nitrogens with zero attached hydrogens (tertiary/aromatic N) is 1. The first-order chi connectivity index (χ1) is 9.54. The van der Waals surface area contributed by atoms with E-state index in [1.807, 2.05) is 0 Å². The fourth-order valence-corrected chi connectivity index (χ4v) is 3.40. The second kappa shape index (κ2) is 5.00. The number of anilines is 1. The summed E-state index contributed by atoms with van der Waals surface area (Å²) < 4.78 is 5.99. The Morgan fingerprint density at radius 2 is 2.15 bits per heavy atom. The summed E-state index contributed by atoms with van der Waals surface area (Å²) in [6, 6.07) is 4.31. The Kier molecular flexibility index (Phi) is 3.32. The molecule has 0 spiro atoms. The summed E-state index contributed by atoms with van der Waals surface area (Å²) in [5.41, 5.74) is 3.68. The third-order valence-corrected chi connectivity index (χ3v) is 4.35. The first-order valence-electron chi connectivity index (χ1n) is 7.29. The van der Waals surface area contributed by atoms with Gasteiger partial charge in [0.25, 0.3) is 0 Å². The third kappa shape index (κ3) is 2.35. The minimum absolute atomic E-state index is 0.216. The highest BCUT2D eigenvalue weighted by molar-refractivity contribution is 5.70. The number of aliphatic carboxylic acids is 1. The fourth-order valence-electron chi connectivity index (χ4n) is 3.40. The van der Waals surface area contributed by atoms with Gasteiger partial charge >= 0.3 is 5.97 Å². The van der Waals surface area contributed by atoms with Crippen LogP contribution in [0, 0.1) is 5.92 Å². The molecule has 4 heteroatoms. The monoisotopic (exact) mass is 275 g/mol. The molecule has 0 amide bonds. The van der Waals surface area contributed by atoms with Crippen LogP contribution in [0.1, 0.15) is 30.9 Å². The Balaban J connectivity index is 1.96. The fraction of sp³-hybridized carbons (Fsp3) is 0.562. The molecule has 1 aromatic rings. The van der Waals surface area contributed by atoms with Crippen molar-refractivity contribution < 1.29 is 14.6 Å². The van der Waals surface area contributed by atoms with Crippen molar-refractivity contribution in [3.8, 4) is 5.75 Å². The molecule has 4 nitrogen and oxygen atoms in total. The second-order valence-corrected chi connectivity index (χ2v) is 6.07. The Morgan fingerprint density at radius 3 is 2.90 bits per heavy atom. The molecule has 1 N–H and O–H groups in total. The second-order valence-electron chi connectivity index (χ2n) is 6.07. The molecule has 2 atom stereocenters. The van der Waals surface area contributed by atoms with E-state index < -0.39 is 5.97 Å². The highest BCUT2D eigenvalue weighted by Gasteiger charge is 2.29. The number of ether oxygens (including phenoxy) is 1. The molecule has 0 aromatic heterocycles. The zero-order valence-electron chi connectivity index (χ0n) is 12.1. The lowest BCUT2D eigenvalue weighted by Crippen LogP contribution is -2.20. The number of hydrogen-bond donors (Lipinski definition) is 1. The van der Waals surface area contributed by atoms with Crippen LogP contribution in [-0.4, -0.2) is 30.8 Å². The minimum atomic E-state index is -0.702. The Bertz CT molecular complexity index is 541. The van der Waals surface area contributed by atoms with Crippen LogP contribution in [0.4, 0.5) is 5.69 Å². The smallest absolute Gasteiger partial charge is 0.303 e. The van der Waals surface area contributed by atoms with Gasteiger partial charge in [-0.2, -0.15) is 0 Å². The van der Waals surface area contributed by atoms with Gasteiger partial charge in [0, 0.05) is 26.4 Å². The normalized spacial score (nSPS) is 24.6. The standard InChI is InChI=1S/C16H21NO3/c1-10-7-13-4-3-12-8-11(9-14(18)19)5-6-17(2)15(12)16(13)20-10/h3-4,10-11H,5-9H2,1-2H3,(H,18,19). The molecule has 3 rings (SSSR count). The predicted molar refractivity (Wildman–Crippen MR) is 77.6 cm³/mol. The van der Waals surface area contributed by atoms with Crippen molar-refractivity contribution in [3.05, 3.63) is 23.3 Å². The number of carboxylic acid groups (broad SMARTS) is 1. The van der Waals surface area contributed by atoms with Crippen LogP contribution in [0.15, 0.2) is 12.1 Å². The molecule has 108 valence electrons. The number of fused-ring (bicyclic) bond motifs is 3. The van der Waals surface area contributed by atoms with Crippen molar-refractivity contribution in [2.75, 3.05) is 18.5 Å². The zero-order chi connectivity index (χ0) is 14.3. The van der Waals surface area contributed by atoms with Crippen molar-refractivity contribution in [2.45, 2.75) is 38.7 Å². The molecule has 1 aromatic carbocycles. The van der Waals surface area contributed by atoms with Crippen molar-refractivity contribution in [3.63, 3.8) is 0 Å². The lowest BCUT2D eigenvalue weighted by Gasteiger charge is -2.22. The van der Waals surface area contributed by atoms with Crippen LogP contribution < -0.4 is 9.64 Å². The van der Waals surface area contributed by atoms with Crippen LogP contribution >= 0.6 is 0 Å². The van der Waals surface area contributed by atoms with Gasteiger partial charge in [-0.3, -0.25) is 4.79 Å². The summed E-state index contributed by atoms with van der Waals surface area (Å²) in [7, 11) is 2.08. The summed E-state index contributed by atoms with van der Waals surface area (Å²) >= 11 is 0. The van der Waals surface area contributed by atoms with Gasteiger partial charge in [-0.05, 0) is 36.8 Å². The highest BCUT2D eigenvalue weighted by atomic mass is 16.5. The molecule has 2 heterocycles. The average Bonchev–Trinajstić information content (AvgIpc) is 2.67. The summed E-state index contributed by atoms with van der Waals surface area (Å²) in [6.07, 6.45) is 3.21. The molecular weight excluding hydrogens is 254 g/mol. The number of carboxylic acids is 1. The van der Waals surface area contributed by atoms with Gasteiger partial charge in [0.15, 0.2) is 0 Å². The summed E-state index contributed by atoms with van der Waals surface area (Å²) in [5.74, 6) is 0.536. The van der Waals surface area contributed by atoms with E-state index in [9.17, 15) is 4.79 Å². The van der Waals surface area contributed by atoms with E-state index in [2.05, 4.69) is 31.0 Å². The van der Waals surface area contributed by atoms with E-state index >= 15 is 0 Å². The van der Waals surface area contributed by atoms with Gasteiger partial charge in [0.2, 0.25) is 0 Å². The van der Waals surface area contributed by atoms with Crippen molar-refractivity contribution in [1.29, 1.82) is 0 Å². The number of carbonyl (C=O) groups is 1. The van der Waals surface area contributed by atoms with Crippen LogP contribution in [-0.2, 0) is 17.6 Å².